The van der Waals surface area contributed by atoms with Crippen LogP contribution in [0.15, 0.2) is 12.3 Å². The van der Waals surface area contributed by atoms with Gasteiger partial charge < -0.3 is 9.84 Å². The lowest BCUT2D eigenvalue weighted by atomic mass is 9.91. The van der Waals surface area contributed by atoms with E-state index in [1.807, 2.05) is 6.07 Å². The zero-order valence-electron chi connectivity index (χ0n) is 9.16. The molecule has 0 bridgehead atoms. The highest BCUT2D eigenvalue weighted by Gasteiger charge is 2.17. The largest absolute Gasteiger partial charge is 0.495 e. The van der Waals surface area contributed by atoms with Crippen molar-refractivity contribution in [1.82, 2.24) is 4.98 Å². The first-order chi connectivity index (χ1) is 6.49. The van der Waals surface area contributed by atoms with E-state index in [0.717, 1.165) is 11.3 Å². The monoisotopic (exact) mass is 195 g/mol. The van der Waals surface area contributed by atoms with Crippen molar-refractivity contribution in [3.05, 3.63) is 23.5 Å². The van der Waals surface area contributed by atoms with Crippen molar-refractivity contribution >= 4 is 0 Å². The molecular weight excluding hydrogens is 178 g/mol. The SMILES string of the molecule is COc1cnc(C(C)(C)C)cc1CO. The predicted octanol–water partition coefficient (Wildman–Crippen LogP) is 1.88. The van der Waals surface area contributed by atoms with Gasteiger partial charge in [0.25, 0.3) is 0 Å². The fourth-order valence-corrected chi connectivity index (χ4v) is 1.20. The highest BCUT2D eigenvalue weighted by molar-refractivity contribution is 5.33. The molecule has 0 amide bonds. The van der Waals surface area contributed by atoms with Crippen molar-refractivity contribution in [3.8, 4) is 5.75 Å². The van der Waals surface area contributed by atoms with Crippen LogP contribution in [0.2, 0.25) is 0 Å². The van der Waals surface area contributed by atoms with Crippen LogP contribution in [0.5, 0.6) is 5.75 Å². The van der Waals surface area contributed by atoms with Crippen molar-refractivity contribution in [2.45, 2.75) is 32.8 Å². The van der Waals surface area contributed by atoms with E-state index in [1.54, 1.807) is 13.3 Å². The third-order valence-electron chi connectivity index (χ3n) is 2.11. The first kappa shape index (κ1) is 11.0. The molecule has 0 spiro atoms. The zero-order valence-corrected chi connectivity index (χ0v) is 9.16. The van der Waals surface area contributed by atoms with Crippen LogP contribution in [0, 0.1) is 0 Å². The average molecular weight is 195 g/mol. The van der Waals surface area contributed by atoms with Gasteiger partial charge in [0.2, 0.25) is 0 Å². The minimum atomic E-state index is -0.0191. The summed E-state index contributed by atoms with van der Waals surface area (Å²) in [6.07, 6.45) is 1.66. The van der Waals surface area contributed by atoms with Crippen molar-refractivity contribution in [1.29, 1.82) is 0 Å². The van der Waals surface area contributed by atoms with E-state index >= 15 is 0 Å². The van der Waals surface area contributed by atoms with E-state index in [0.29, 0.717) is 5.75 Å². The molecular formula is C11H17NO2. The molecule has 3 heteroatoms. The highest BCUT2D eigenvalue weighted by Crippen LogP contribution is 2.25. The lowest BCUT2D eigenvalue weighted by Crippen LogP contribution is -2.14. The summed E-state index contributed by atoms with van der Waals surface area (Å²) in [6, 6.07) is 1.89. The number of methoxy groups -OCH3 is 1. The number of rotatable bonds is 2. The van der Waals surface area contributed by atoms with Gasteiger partial charge in [-0.05, 0) is 6.07 Å². The maximum Gasteiger partial charge on any atom is 0.142 e. The van der Waals surface area contributed by atoms with Crippen LogP contribution in [0.3, 0.4) is 0 Å². The summed E-state index contributed by atoms with van der Waals surface area (Å²) in [7, 11) is 1.58. The van der Waals surface area contributed by atoms with Gasteiger partial charge in [-0.15, -0.1) is 0 Å². The summed E-state index contributed by atoms with van der Waals surface area (Å²) in [6.45, 7) is 6.24. The summed E-state index contributed by atoms with van der Waals surface area (Å²) >= 11 is 0. The van der Waals surface area contributed by atoms with Gasteiger partial charge in [0.05, 0.1) is 19.9 Å². The molecule has 0 radical (unpaired) electrons. The molecule has 78 valence electrons. The molecule has 0 aliphatic heterocycles. The Hall–Kier alpha value is -1.09. The quantitative estimate of drug-likeness (QED) is 0.783. The first-order valence-electron chi connectivity index (χ1n) is 4.63. The highest BCUT2D eigenvalue weighted by atomic mass is 16.5. The second-order valence-electron chi connectivity index (χ2n) is 4.29. The van der Waals surface area contributed by atoms with Gasteiger partial charge in [-0.1, -0.05) is 20.8 Å². The maximum atomic E-state index is 9.13. The van der Waals surface area contributed by atoms with Gasteiger partial charge in [0, 0.05) is 16.7 Å². The smallest absolute Gasteiger partial charge is 0.142 e. The normalized spacial score (nSPS) is 11.5. The van der Waals surface area contributed by atoms with Gasteiger partial charge in [-0.25, -0.2) is 0 Å². The topological polar surface area (TPSA) is 42.4 Å². The fourth-order valence-electron chi connectivity index (χ4n) is 1.20. The lowest BCUT2D eigenvalue weighted by molar-refractivity contribution is 0.273. The number of hydrogen-bond acceptors (Lipinski definition) is 3. The van der Waals surface area contributed by atoms with Crippen LogP contribution < -0.4 is 4.74 Å². The van der Waals surface area contributed by atoms with Gasteiger partial charge in [0.1, 0.15) is 5.75 Å². The number of nitrogens with zero attached hydrogens (tertiary/aromatic N) is 1. The van der Waals surface area contributed by atoms with E-state index in [9.17, 15) is 0 Å². The Labute approximate surface area is 84.7 Å². The van der Waals surface area contributed by atoms with E-state index in [4.69, 9.17) is 9.84 Å². The van der Waals surface area contributed by atoms with Crippen LogP contribution in [-0.4, -0.2) is 17.2 Å². The number of hydrogen-bond donors (Lipinski definition) is 1. The Kier molecular flexibility index (Phi) is 3.11. The second kappa shape index (κ2) is 3.96. The number of aliphatic hydroxyl groups is 1. The Bertz CT molecular complexity index is 316. The molecule has 1 rings (SSSR count). The minimum Gasteiger partial charge on any atom is -0.495 e. The molecule has 1 aromatic rings. The molecule has 0 saturated heterocycles. The summed E-state index contributed by atoms with van der Waals surface area (Å²) in [5, 5.41) is 9.13. The van der Waals surface area contributed by atoms with Gasteiger partial charge in [-0.2, -0.15) is 0 Å². The van der Waals surface area contributed by atoms with E-state index in [-0.39, 0.29) is 12.0 Å². The Morgan fingerprint density at radius 3 is 2.50 bits per heavy atom. The molecule has 1 N–H and O–H groups in total. The number of pyridine rings is 1. The van der Waals surface area contributed by atoms with Gasteiger partial charge in [0.15, 0.2) is 0 Å². The van der Waals surface area contributed by atoms with Gasteiger partial charge in [-0.3, -0.25) is 4.98 Å². The number of aliphatic hydroxyl groups excluding tert-OH is 1. The van der Waals surface area contributed by atoms with Crippen LogP contribution in [0.4, 0.5) is 0 Å². The molecule has 0 atom stereocenters. The third kappa shape index (κ3) is 2.23. The van der Waals surface area contributed by atoms with Crippen molar-refractivity contribution in [2.75, 3.05) is 7.11 Å². The molecule has 3 nitrogen and oxygen atoms in total. The fraction of sp³-hybridized carbons (Fsp3) is 0.545. The molecule has 0 aliphatic rings. The maximum absolute atomic E-state index is 9.13. The predicted molar refractivity (Wildman–Crippen MR) is 55.4 cm³/mol. The summed E-state index contributed by atoms with van der Waals surface area (Å²) < 4.78 is 5.08. The Morgan fingerprint density at radius 2 is 2.07 bits per heavy atom. The Balaban J connectivity index is 3.14. The Morgan fingerprint density at radius 1 is 1.43 bits per heavy atom. The molecule has 14 heavy (non-hydrogen) atoms. The molecule has 0 fully saturated rings. The van der Waals surface area contributed by atoms with E-state index < -0.39 is 0 Å². The molecule has 0 aromatic carbocycles. The standard InChI is InChI=1S/C11H17NO2/c1-11(2,3)10-5-8(7-13)9(14-4)6-12-10/h5-6,13H,7H2,1-4H3. The lowest BCUT2D eigenvalue weighted by Gasteiger charge is -2.19. The van der Waals surface area contributed by atoms with E-state index in [2.05, 4.69) is 25.8 Å². The van der Waals surface area contributed by atoms with Gasteiger partial charge >= 0.3 is 0 Å². The minimum absolute atomic E-state index is 0.00378. The van der Waals surface area contributed by atoms with Crippen molar-refractivity contribution in [3.63, 3.8) is 0 Å². The van der Waals surface area contributed by atoms with Crippen molar-refractivity contribution < 1.29 is 9.84 Å². The summed E-state index contributed by atoms with van der Waals surface area (Å²) in [5.41, 5.74) is 1.74. The molecule has 1 aromatic heterocycles. The summed E-state index contributed by atoms with van der Waals surface area (Å²) in [5.74, 6) is 0.639. The van der Waals surface area contributed by atoms with Crippen LogP contribution in [0.25, 0.3) is 0 Å². The molecule has 1 heterocycles. The number of ether oxygens (including phenoxy) is 1. The number of aromatic nitrogens is 1. The molecule has 0 aliphatic carbocycles. The van der Waals surface area contributed by atoms with Crippen LogP contribution in [-0.2, 0) is 12.0 Å². The zero-order chi connectivity index (χ0) is 10.8. The third-order valence-corrected chi connectivity index (χ3v) is 2.11. The van der Waals surface area contributed by atoms with E-state index in [1.165, 1.54) is 0 Å². The second-order valence-corrected chi connectivity index (χ2v) is 4.29. The first-order valence-corrected chi connectivity index (χ1v) is 4.63. The summed E-state index contributed by atoms with van der Waals surface area (Å²) in [4.78, 5) is 4.29. The molecule has 0 saturated carbocycles. The average Bonchev–Trinajstić information content (AvgIpc) is 2.15. The van der Waals surface area contributed by atoms with Crippen LogP contribution >= 0.6 is 0 Å². The molecule has 0 unspecified atom stereocenters. The van der Waals surface area contributed by atoms with Crippen LogP contribution in [0.1, 0.15) is 32.0 Å². The van der Waals surface area contributed by atoms with Crippen molar-refractivity contribution in [2.24, 2.45) is 0 Å².